The molecule has 0 aliphatic rings. The van der Waals surface area contributed by atoms with Crippen molar-refractivity contribution >= 4 is 0 Å². The molecule has 13 heavy (non-hydrogen) atoms. The van der Waals surface area contributed by atoms with Crippen LogP contribution in [0.4, 0.5) is 0 Å². The summed E-state index contributed by atoms with van der Waals surface area (Å²) < 4.78 is 0. The van der Waals surface area contributed by atoms with Gasteiger partial charge in [-0.2, -0.15) is 0 Å². The second kappa shape index (κ2) is 8.48. The summed E-state index contributed by atoms with van der Waals surface area (Å²) in [5, 5.41) is 12.6. The maximum Gasteiger partial charge on any atom is 0.0540 e. The molecular weight excluding hydrogens is 164 g/mol. The van der Waals surface area contributed by atoms with E-state index >= 15 is 0 Å². The van der Waals surface area contributed by atoms with Gasteiger partial charge in [0.15, 0.2) is 0 Å². The minimum absolute atomic E-state index is 0.0628. The molecule has 0 amide bonds. The first kappa shape index (κ1) is 12.9. The van der Waals surface area contributed by atoms with Gasteiger partial charge in [-0.25, -0.2) is 0 Å². The summed E-state index contributed by atoms with van der Waals surface area (Å²) in [6.45, 7) is 4.97. The van der Waals surface area contributed by atoms with Gasteiger partial charge in [0.05, 0.1) is 12.3 Å². The highest BCUT2D eigenvalue weighted by atomic mass is 16.3. The monoisotopic (exact) mass is 188 g/mol. The van der Waals surface area contributed by atoms with Crippen molar-refractivity contribution in [2.45, 2.75) is 58.2 Å². The maximum absolute atomic E-state index is 9.49. The smallest absolute Gasteiger partial charge is 0.0540 e. The summed E-state index contributed by atoms with van der Waals surface area (Å²) in [5.74, 6) is 0. The molecule has 0 aliphatic carbocycles. The van der Waals surface area contributed by atoms with Crippen LogP contribution >= 0.6 is 0 Å². The molecule has 0 aromatic heterocycles. The van der Waals surface area contributed by atoms with Gasteiger partial charge >= 0.3 is 0 Å². The molecule has 0 spiro atoms. The van der Waals surface area contributed by atoms with E-state index in [9.17, 15) is 5.11 Å². The van der Waals surface area contributed by atoms with Crippen LogP contribution in [-0.4, -0.2) is 23.9 Å². The van der Waals surface area contributed by atoms with Crippen molar-refractivity contribution in [1.29, 1.82) is 0 Å². The Morgan fingerprint density at radius 2 is 1.92 bits per heavy atom. The Balaban J connectivity index is 3.12. The molecule has 0 aromatic rings. The number of rotatable bonds is 8. The molecule has 0 fully saturated rings. The average molecular weight is 188 g/mol. The SMILES string of the molecule is CCCCC(O)CCCNC(C)N. The molecule has 80 valence electrons. The van der Waals surface area contributed by atoms with Crippen LogP contribution < -0.4 is 11.1 Å². The lowest BCUT2D eigenvalue weighted by Crippen LogP contribution is -2.34. The lowest BCUT2D eigenvalue weighted by molar-refractivity contribution is 0.148. The van der Waals surface area contributed by atoms with E-state index in [1.807, 2.05) is 6.92 Å². The second-order valence-corrected chi connectivity index (χ2v) is 3.68. The van der Waals surface area contributed by atoms with Gasteiger partial charge in [0.25, 0.3) is 0 Å². The van der Waals surface area contributed by atoms with Gasteiger partial charge in [0.1, 0.15) is 0 Å². The lowest BCUT2D eigenvalue weighted by atomic mass is 10.1. The van der Waals surface area contributed by atoms with Crippen LogP contribution in [0.25, 0.3) is 0 Å². The summed E-state index contributed by atoms with van der Waals surface area (Å²) >= 11 is 0. The Kier molecular flexibility index (Phi) is 8.40. The van der Waals surface area contributed by atoms with Crippen molar-refractivity contribution in [3.63, 3.8) is 0 Å². The van der Waals surface area contributed by atoms with Gasteiger partial charge in [0.2, 0.25) is 0 Å². The van der Waals surface area contributed by atoms with E-state index in [4.69, 9.17) is 5.73 Å². The molecule has 0 saturated carbocycles. The highest BCUT2D eigenvalue weighted by molar-refractivity contribution is 4.58. The molecule has 2 unspecified atom stereocenters. The summed E-state index contributed by atoms with van der Waals surface area (Å²) in [6, 6.07) is 0. The normalized spacial score (nSPS) is 15.7. The van der Waals surface area contributed by atoms with Crippen LogP contribution in [0, 0.1) is 0 Å². The summed E-state index contributed by atoms with van der Waals surface area (Å²) in [6.07, 6.45) is 5.07. The van der Waals surface area contributed by atoms with Gasteiger partial charge in [-0.05, 0) is 32.7 Å². The molecule has 3 heteroatoms. The van der Waals surface area contributed by atoms with E-state index in [1.54, 1.807) is 0 Å². The molecule has 0 rings (SSSR count). The molecule has 0 bridgehead atoms. The van der Waals surface area contributed by atoms with Gasteiger partial charge in [-0.15, -0.1) is 0 Å². The summed E-state index contributed by atoms with van der Waals surface area (Å²) in [5.41, 5.74) is 5.52. The molecule has 2 atom stereocenters. The van der Waals surface area contributed by atoms with Crippen LogP contribution in [0.2, 0.25) is 0 Å². The lowest BCUT2D eigenvalue weighted by Gasteiger charge is -2.11. The third kappa shape index (κ3) is 9.80. The molecule has 4 N–H and O–H groups in total. The molecule has 0 aliphatic heterocycles. The molecule has 0 aromatic carbocycles. The Bertz CT molecular complexity index is 107. The zero-order valence-corrected chi connectivity index (χ0v) is 8.92. The molecule has 0 radical (unpaired) electrons. The van der Waals surface area contributed by atoms with Gasteiger partial charge in [-0.1, -0.05) is 19.8 Å². The van der Waals surface area contributed by atoms with Crippen molar-refractivity contribution in [1.82, 2.24) is 5.32 Å². The maximum atomic E-state index is 9.49. The highest BCUT2D eigenvalue weighted by Crippen LogP contribution is 2.05. The fourth-order valence-corrected chi connectivity index (χ4v) is 1.25. The van der Waals surface area contributed by atoms with Crippen LogP contribution in [0.3, 0.4) is 0 Å². The minimum Gasteiger partial charge on any atom is -0.393 e. The molecular formula is C10H24N2O. The standard InChI is InChI=1S/C10H24N2O/c1-3-4-6-10(13)7-5-8-12-9(2)11/h9-10,12-13H,3-8,11H2,1-2H3. The second-order valence-electron chi connectivity index (χ2n) is 3.68. The third-order valence-corrected chi connectivity index (χ3v) is 2.07. The van der Waals surface area contributed by atoms with Gasteiger partial charge in [-0.3, -0.25) is 0 Å². The molecule has 0 heterocycles. The number of nitrogens with two attached hydrogens (primary N) is 1. The first-order valence-electron chi connectivity index (χ1n) is 5.33. The number of hydrogen-bond donors (Lipinski definition) is 3. The van der Waals surface area contributed by atoms with Crippen LogP contribution in [0.1, 0.15) is 46.0 Å². The van der Waals surface area contributed by atoms with E-state index < -0.39 is 0 Å². The van der Waals surface area contributed by atoms with E-state index in [0.29, 0.717) is 0 Å². The Morgan fingerprint density at radius 3 is 2.46 bits per heavy atom. The number of unbranched alkanes of at least 4 members (excludes halogenated alkanes) is 1. The van der Waals surface area contributed by atoms with E-state index in [-0.39, 0.29) is 12.3 Å². The summed E-state index contributed by atoms with van der Waals surface area (Å²) in [4.78, 5) is 0. The number of nitrogens with one attached hydrogen (secondary N) is 1. The zero-order valence-electron chi connectivity index (χ0n) is 8.92. The van der Waals surface area contributed by atoms with Crippen molar-refractivity contribution < 1.29 is 5.11 Å². The van der Waals surface area contributed by atoms with E-state index in [2.05, 4.69) is 12.2 Å². The average Bonchev–Trinajstić information content (AvgIpc) is 2.08. The van der Waals surface area contributed by atoms with E-state index in [0.717, 1.165) is 38.6 Å². The van der Waals surface area contributed by atoms with Crippen molar-refractivity contribution in [2.24, 2.45) is 5.73 Å². The molecule has 3 nitrogen and oxygen atoms in total. The zero-order chi connectivity index (χ0) is 10.1. The first-order valence-corrected chi connectivity index (χ1v) is 5.33. The fourth-order valence-electron chi connectivity index (χ4n) is 1.25. The Labute approximate surface area is 81.7 Å². The van der Waals surface area contributed by atoms with Crippen molar-refractivity contribution in [3.8, 4) is 0 Å². The Hall–Kier alpha value is -0.120. The number of aliphatic hydroxyl groups is 1. The predicted octanol–water partition coefficient (Wildman–Crippen LogP) is 1.21. The summed E-state index contributed by atoms with van der Waals surface area (Å²) in [7, 11) is 0. The number of aliphatic hydroxyl groups excluding tert-OH is 1. The predicted molar refractivity (Wildman–Crippen MR) is 56.4 cm³/mol. The third-order valence-electron chi connectivity index (χ3n) is 2.07. The first-order chi connectivity index (χ1) is 6.16. The topological polar surface area (TPSA) is 58.3 Å². The van der Waals surface area contributed by atoms with Crippen molar-refractivity contribution in [2.75, 3.05) is 6.54 Å². The van der Waals surface area contributed by atoms with Gasteiger partial charge in [0, 0.05) is 0 Å². The number of hydrogen-bond acceptors (Lipinski definition) is 3. The minimum atomic E-state index is -0.116. The largest absolute Gasteiger partial charge is 0.393 e. The van der Waals surface area contributed by atoms with Crippen molar-refractivity contribution in [3.05, 3.63) is 0 Å². The van der Waals surface area contributed by atoms with Gasteiger partial charge < -0.3 is 16.2 Å². The quantitative estimate of drug-likeness (QED) is 0.396. The van der Waals surface area contributed by atoms with Crippen LogP contribution in [0.5, 0.6) is 0 Å². The van der Waals surface area contributed by atoms with Crippen LogP contribution in [0.15, 0.2) is 0 Å². The Morgan fingerprint density at radius 1 is 1.31 bits per heavy atom. The van der Waals surface area contributed by atoms with E-state index in [1.165, 1.54) is 0 Å². The fraction of sp³-hybridized carbons (Fsp3) is 1.00. The van der Waals surface area contributed by atoms with Crippen LogP contribution in [-0.2, 0) is 0 Å². The highest BCUT2D eigenvalue weighted by Gasteiger charge is 2.02. The molecule has 0 saturated heterocycles.